The fraction of sp³-hybridized carbons (Fsp3) is 0.0323. The number of fused-ring (bicyclic) bond motifs is 6. The van der Waals surface area contributed by atoms with Gasteiger partial charge in [0.2, 0.25) is 0 Å². The summed E-state index contributed by atoms with van der Waals surface area (Å²) in [5.74, 6) is 0.390. The quantitative estimate of drug-likeness (QED) is 0.120. The summed E-state index contributed by atoms with van der Waals surface area (Å²) in [4.78, 5) is 0. The molecule has 0 aliphatic heterocycles. The molecule has 0 spiro atoms. The zero-order valence-corrected chi connectivity index (χ0v) is 36.5. The van der Waals surface area contributed by atoms with Crippen LogP contribution in [0.15, 0.2) is 241 Å². The van der Waals surface area contributed by atoms with Gasteiger partial charge in [-0.3, -0.25) is 0 Å². The highest BCUT2D eigenvalue weighted by molar-refractivity contribution is 7.20. The molecule has 0 amide bonds. The van der Waals surface area contributed by atoms with Crippen molar-refractivity contribution < 1.29 is 4.42 Å². The molecule has 15 rings (SSSR count). The van der Waals surface area contributed by atoms with Crippen LogP contribution < -0.4 is 20.7 Å². The maximum Gasteiger partial charge on any atom is 0.179 e. The molecular weight excluding hydrogens is 803 g/mol. The van der Waals surface area contributed by atoms with Crippen LogP contribution in [-0.2, 0) is 0 Å². The van der Waals surface area contributed by atoms with E-state index in [1.54, 1.807) is 0 Å². The smallest absolute Gasteiger partial charge is 0.179 e. The minimum atomic E-state index is -3.00. The van der Waals surface area contributed by atoms with Gasteiger partial charge in [-0.05, 0) is 102 Å². The largest absolute Gasteiger partial charge is 0.456 e. The number of hydrogen-bond donors (Lipinski definition) is 0. The van der Waals surface area contributed by atoms with E-state index in [9.17, 15) is 0 Å². The second-order valence-electron chi connectivity index (χ2n) is 17.8. The first-order valence-corrected chi connectivity index (χ1v) is 24.7. The molecule has 65 heavy (non-hydrogen) atoms. The van der Waals surface area contributed by atoms with E-state index in [-0.39, 0.29) is 11.8 Å². The maximum absolute atomic E-state index is 6.41. The molecule has 0 atom stereocenters. The molecule has 3 aliphatic rings. The van der Waals surface area contributed by atoms with Crippen molar-refractivity contribution in [1.82, 2.24) is 4.57 Å². The predicted octanol–water partition coefficient (Wildman–Crippen LogP) is 12.7. The normalized spacial score (nSPS) is 15.1. The number of aromatic nitrogens is 1. The lowest BCUT2D eigenvalue weighted by Gasteiger charge is -2.42. The topological polar surface area (TPSA) is 18.1 Å². The van der Waals surface area contributed by atoms with Crippen molar-refractivity contribution in [2.24, 2.45) is 0 Å². The number of rotatable bonds is 6. The van der Waals surface area contributed by atoms with Crippen LogP contribution in [0, 0.1) is 0 Å². The van der Waals surface area contributed by atoms with Crippen molar-refractivity contribution in [2.75, 3.05) is 0 Å². The summed E-state index contributed by atoms with van der Waals surface area (Å²) in [7, 11) is -3.00. The van der Waals surface area contributed by atoms with Gasteiger partial charge < -0.3 is 8.98 Å². The van der Waals surface area contributed by atoms with Gasteiger partial charge in [-0.25, -0.2) is 0 Å². The molecule has 2 nitrogen and oxygen atoms in total. The minimum Gasteiger partial charge on any atom is -0.456 e. The molecule has 0 radical (unpaired) electrons. The van der Waals surface area contributed by atoms with Crippen molar-refractivity contribution >= 4 is 72.6 Å². The Kier molecular flexibility index (Phi) is 7.87. The fourth-order valence-corrected chi connectivity index (χ4v) is 17.0. The van der Waals surface area contributed by atoms with Crippen LogP contribution in [0.3, 0.4) is 0 Å². The van der Waals surface area contributed by atoms with Crippen molar-refractivity contribution in [3.05, 3.63) is 270 Å². The van der Waals surface area contributed by atoms with Gasteiger partial charge in [-0.15, -0.1) is 0 Å². The van der Waals surface area contributed by atoms with Crippen LogP contribution >= 0.6 is 0 Å². The van der Waals surface area contributed by atoms with Gasteiger partial charge in [0.15, 0.2) is 8.07 Å². The van der Waals surface area contributed by atoms with Crippen LogP contribution in [0.2, 0.25) is 0 Å². The van der Waals surface area contributed by atoms with Gasteiger partial charge in [0, 0.05) is 39.1 Å². The van der Waals surface area contributed by atoms with E-state index in [0.717, 1.165) is 21.9 Å². The first-order chi connectivity index (χ1) is 32.3. The zero-order chi connectivity index (χ0) is 42.6. The summed E-state index contributed by atoms with van der Waals surface area (Å²) < 4.78 is 8.96. The van der Waals surface area contributed by atoms with Crippen LogP contribution in [0.1, 0.15) is 45.2 Å². The molecular formula is C62H41NOSi. The summed E-state index contributed by atoms with van der Waals surface area (Å²) in [6, 6.07) is 88.7. The summed E-state index contributed by atoms with van der Waals surface area (Å²) >= 11 is 0. The SMILES string of the molecule is c1ccc([Si](c2ccccc2)(c2cccc(-c3cccc4oc5ccccc5c34)c2)c2cccc(-n3c4ccccc4c4c5c(ccc43)C3c4ccccc4C5c4ccccc43)c2)cc1. The molecule has 0 N–H and O–H groups in total. The summed E-state index contributed by atoms with van der Waals surface area (Å²) in [5, 5.41) is 10.3. The Morgan fingerprint density at radius 2 is 0.908 bits per heavy atom. The number of para-hydroxylation sites is 2. The van der Waals surface area contributed by atoms with Gasteiger partial charge in [0.05, 0.1) is 11.0 Å². The molecule has 2 heterocycles. The van der Waals surface area contributed by atoms with Gasteiger partial charge in [0.25, 0.3) is 0 Å². The van der Waals surface area contributed by atoms with Crippen molar-refractivity contribution in [2.45, 2.75) is 11.8 Å². The molecule has 304 valence electrons. The summed E-state index contributed by atoms with van der Waals surface area (Å²) in [6.45, 7) is 0. The maximum atomic E-state index is 6.41. The van der Waals surface area contributed by atoms with Crippen LogP contribution in [0.5, 0.6) is 0 Å². The van der Waals surface area contributed by atoms with Gasteiger partial charge in [-0.1, -0.05) is 200 Å². The highest BCUT2D eigenvalue weighted by Crippen LogP contribution is 2.58. The second-order valence-corrected chi connectivity index (χ2v) is 21.6. The summed E-state index contributed by atoms with van der Waals surface area (Å²) in [5.41, 5.74) is 16.5. The Morgan fingerprint density at radius 1 is 0.354 bits per heavy atom. The molecule has 0 saturated heterocycles. The first-order valence-electron chi connectivity index (χ1n) is 22.7. The van der Waals surface area contributed by atoms with E-state index < -0.39 is 8.07 Å². The van der Waals surface area contributed by atoms with E-state index in [1.807, 2.05) is 6.07 Å². The lowest BCUT2D eigenvalue weighted by molar-refractivity contribution is 0.669. The molecule has 3 aliphatic carbocycles. The van der Waals surface area contributed by atoms with Gasteiger partial charge in [-0.2, -0.15) is 0 Å². The lowest BCUT2D eigenvalue weighted by atomic mass is 9.60. The number of furan rings is 1. The number of hydrogen-bond acceptors (Lipinski definition) is 1. The van der Waals surface area contributed by atoms with E-state index in [0.29, 0.717) is 0 Å². The number of nitrogens with zero attached hydrogens (tertiary/aromatic N) is 1. The molecule has 0 fully saturated rings. The molecule has 2 aromatic heterocycles. The lowest BCUT2D eigenvalue weighted by Crippen LogP contribution is -2.74. The zero-order valence-electron chi connectivity index (χ0n) is 35.5. The average molecular weight is 844 g/mol. The third kappa shape index (κ3) is 5.10. The van der Waals surface area contributed by atoms with Crippen molar-refractivity contribution in [1.29, 1.82) is 0 Å². The minimum absolute atomic E-state index is 0.172. The third-order valence-electron chi connectivity index (χ3n) is 14.7. The third-order valence-corrected chi connectivity index (χ3v) is 19.5. The van der Waals surface area contributed by atoms with Crippen LogP contribution in [-0.4, -0.2) is 12.6 Å². The standard InChI is InChI=1S/C62H41NOSi/c1-3-20-42(21-4-1)65(43-22-5-2-6-23-43,44-24-15-18-40(38-44)46-32-17-35-57-59(46)52-31-12-14-34-56(52)64-57)45-25-16-19-41(39-45)63-54-33-13-11-30-51(54)61-55(63)37-36-53-58-47-26-7-9-28-49(47)60(62(53)61)50-29-10-8-27-48(50)58/h1-39,58,60H. The monoisotopic (exact) mass is 843 g/mol. The summed E-state index contributed by atoms with van der Waals surface area (Å²) in [6.07, 6.45) is 0. The van der Waals surface area contributed by atoms with Crippen LogP contribution in [0.4, 0.5) is 0 Å². The van der Waals surface area contributed by atoms with Crippen molar-refractivity contribution in [3.8, 4) is 16.8 Å². The Hall–Kier alpha value is -7.98. The molecule has 0 unspecified atom stereocenters. The number of benzene rings is 10. The predicted molar refractivity (Wildman–Crippen MR) is 272 cm³/mol. The first kappa shape index (κ1) is 36.5. The molecule has 2 bridgehead atoms. The molecule has 3 heteroatoms. The van der Waals surface area contributed by atoms with Crippen LogP contribution in [0.25, 0.3) is 60.6 Å². The van der Waals surface area contributed by atoms with Gasteiger partial charge >= 0.3 is 0 Å². The Morgan fingerprint density at radius 3 is 1.63 bits per heavy atom. The van der Waals surface area contributed by atoms with Gasteiger partial charge in [0.1, 0.15) is 11.2 Å². The second kappa shape index (κ2) is 14.0. The Bertz CT molecular complexity index is 3770. The fourth-order valence-electron chi connectivity index (χ4n) is 12.2. The molecule has 10 aromatic carbocycles. The highest BCUT2D eigenvalue weighted by Gasteiger charge is 2.44. The van der Waals surface area contributed by atoms with E-state index in [4.69, 9.17) is 4.42 Å². The van der Waals surface area contributed by atoms with Crippen molar-refractivity contribution in [3.63, 3.8) is 0 Å². The Balaban J connectivity index is 1.02. The van der Waals surface area contributed by atoms with E-state index >= 15 is 0 Å². The highest BCUT2D eigenvalue weighted by atomic mass is 28.3. The van der Waals surface area contributed by atoms with E-state index in [2.05, 4.69) is 235 Å². The van der Waals surface area contributed by atoms with E-state index in [1.165, 1.54) is 92.7 Å². The molecule has 12 aromatic rings. The average Bonchev–Trinajstić information content (AvgIpc) is 3.94. The Labute approximate surface area is 378 Å². The molecule has 0 saturated carbocycles.